The lowest BCUT2D eigenvalue weighted by Crippen LogP contribution is -2.40. The number of nitrogens with two attached hydrogens (primary N) is 1. The smallest absolute Gasteiger partial charge is 0.274 e. The normalized spacial score (nSPS) is 13.7. The molecule has 0 aliphatic rings. The van der Waals surface area contributed by atoms with E-state index in [9.17, 15) is 14.9 Å². The molecule has 0 unspecified atom stereocenters. The number of nitro benzene ring substituents is 1. The predicted octanol–water partition coefficient (Wildman–Crippen LogP) is 2.98. The zero-order valence-electron chi connectivity index (χ0n) is 11.6. The number of carbonyl (C=O) groups is 1. The number of aryl methyl sites for hydroxylation is 1. The summed E-state index contributed by atoms with van der Waals surface area (Å²) in [5, 5.41) is 13.5. The van der Waals surface area contributed by atoms with Gasteiger partial charge in [0, 0.05) is 16.1 Å². The summed E-state index contributed by atoms with van der Waals surface area (Å²) in [5.41, 5.74) is 6.67. The molecule has 0 aromatic heterocycles. The molecule has 20 heavy (non-hydrogen) atoms. The molecule has 0 aliphatic carbocycles. The summed E-state index contributed by atoms with van der Waals surface area (Å²) in [6, 6.07) is 2.29. The fourth-order valence-electron chi connectivity index (χ4n) is 1.68. The van der Waals surface area contributed by atoms with E-state index in [4.69, 9.17) is 5.73 Å². The summed E-state index contributed by atoms with van der Waals surface area (Å²) >= 11 is 3.28. The van der Waals surface area contributed by atoms with Crippen molar-refractivity contribution in [3.8, 4) is 0 Å². The maximum Gasteiger partial charge on any atom is 0.274 e. The van der Waals surface area contributed by atoms with Crippen molar-refractivity contribution in [2.24, 2.45) is 11.7 Å². The number of nitrogens with zero attached hydrogens (tertiary/aromatic N) is 1. The molecule has 0 heterocycles. The molecule has 3 N–H and O–H groups in total. The maximum atomic E-state index is 12.0. The van der Waals surface area contributed by atoms with E-state index in [1.54, 1.807) is 13.0 Å². The van der Waals surface area contributed by atoms with E-state index in [0.29, 0.717) is 15.7 Å². The Morgan fingerprint density at radius 3 is 2.65 bits per heavy atom. The van der Waals surface area contributed by atoms with Gasteiger partial charge in [-0.3, -0.25) is 14.9 Å². The van der Waals surface area contributed by atoms with E-state index in [1.165, 1.54) is 6.07 Å². The van der Waals surface area contributed by atoms with Gasteiger partial charge in [0.2, 0.25) is 5.91 Å². The van der Waals surface area contributed by atoms with Crippen LogP contribution in [-0.4, -0.2) is 16.9 Å². The quantitative estimate of drug-likeness (QED) is 0.634. The highest BCUT2D eigenvalue weighted by molar-refractivity contribution is 9.10. The van der Waals surface area contributed by atoms with Crippen LogP contribution in [0.15, 0.2) is 16.6 Å². The number of carbonyl (C=O) groups excluding carboxylic acids is 1. The standard InChI is InChI=1S/C13H18BrN3O3/c1-4-7(2)12(15)13(18)16-10-6-11(17(19)20)8(3)5-9(10)14/h5-7,12H,4,15H2,1-3H3,(H,16,18)/t7-,12-/m0/s1. The number of amides is 1. The highest BCUT2D eigenvalue weighted by Crippen LogP contribution is 2.30. The molecule has 1 rings (SSSR count). The molecule has 2 atom stereocenters. The Bertz CT molecular complexity index is 534. The van der Waals surface area contributed by atoms with Gasteiger partial charge in [0.15, 0.2) is 0 Å². The average molecular weight is 344 g/mol. The maximum absolute atomic E-state index is 12.0. The van der Waals surface area contributed by atoms with Crippen LogP contribution in [0.5, 0.6) is 0 Å². The molecule has 0 saturated carbocycles. The van der Waals surface area contributed by atoms with Crippen molar-refractivity contribution < 1.29 is 9.72 Å². The number of benzene rings is 1. The minimum absolute atomic E-state index is 0.0363. The van der Waals surface area contributed by atoms with E-state index in [2.05, 4.69) is 21.2 Å². The van der Waals surface area contributed by atoms with Gasteiger partial charge in [-0.25, -0.2) is 0 Å². The summed E-state index contributed by atoms with van der Waals surface area (Å²) in [5.74, 6) is -0.313. The van der Waals surface area contributed by atoms with Gasteiger partial charge in [0.05, 0.1) is 16.7 Å². The Morgan fingerprint density at radius 2 is 2.15 bits per heavy atom. The lowest BCUT2D eigenvalue weighted by atomic mass is 9.99. The summed E-state index contributed by atoms with van der Waals surface area (Å²) in [6.07, 6.45) is 0.782. The fourth-order valence-corrected chi connectivity index (χ4v) is 2.24. The average Bonchev–Trinajstić information content (AvgIpc) is 2.39. The van der Waals surface area contributed by atoms with Crippen molar-refractivity contribution in [1.82, 2.24) is 0 Å². The Hall–Kier alpha value is -1.47. The largest absolute Gasteiger partial charge is 0.323 e. The third-order valence-electron chi connectivity index (χ3n) is 3.30. The summed E-state index contributed by atoms with van der Waals surface area (Å²) in [7, 11) is 0. The van der Waals surface area contributed by atoms with Gasteiger partial charge in [-0.15, -0.1) is 0 Å². The van der Waals surface area contributed by atoms with Crippen molar-refractivity contribution in [2.45, 2.75) is 33.2 Å². The second kappa shape index (κ2) is 6.81. The molecular weight excluding hydrogens is 326 g/mol. The van der Waals surface area contributed by atoms with E-state index < -0.39 is 11.0 Å². The first kappa shape index (κ1) is 16.6. The van der Waals surface area contributed by atoms with Crippen LogP contribution in [-0.2, 0) is 4.79 Å². The number of rotatable bonds is 5. The molecule has 0 radical (unpaired) electrons. The number of nitro groups is 1. The molecule has 0 aliphatic heterocycles. The lowest BCUT2D eigenvalue weighted by Gasteiger charge is -2.18. The number of halogens is 1. The first-order valence-corrected chi connectivity index (χ1v) is 7.08. The van der Waals surface area contributed by atoms with Crippen LogP contribution in [0, 0.1) is 23.0 Å². The predicted molar refractivity (Wildman–Crippen MR) is 81.6 cm³/mol. The molecule has 110 valence electrons. The second-order valence-electron chi connectivity index (χ2n) is 4.78. The van der Waals surface area contributed by atoms with Crippen molar-refractivity contribution in [3.63, 3.8) is 0 Å². The molecule has 1 aromatic rings. The summed E-state index contributed by atoms with van der Waals surface area (Å²) < 4.78 is 0.588. The Balaban J connectivity index is 3.01. The molecular formula is C13H18BrN3O3. The minimum Gasteiger partial charge on any atom is -0.323 e. The van der Waals surface area contributed by atoms with Gasteiger partial charge in [0.25, 0.3) is 5.69 Å². The topological polar surface area (TPSA) is 98.3 Å². The number of nitrogens with one attached hydrogen (secondary N) is 1. The van der Waals surface area contributed by atoms with Crippen LogP contribution in [0.1, 0.15) is 25.8 Å². The monoisotopic (exact) mass is 343 g/mol. The van der Waals surface area contributed by atoms with Crippen LogP contribution in [0.4, 0.5) is 11.4 Å². The van der Waals surface area contributed by atoms with E-state index in [1.807, 2.05) is 13.8 Å². The molecule has 7 heteroatoms. The number of anilines is 1. The van der Waals surface area contributed by atoms with E-state index >= 15 is 0 Å². The van der Waals surface area contributed by atoms with Crippen LogP contribution in [0.3, 0.4) is 0 Å². The molecule has 6 nitrogen and oxygen atoms in total. The summed E-state index contributed by atoms with van der Waals surface area (Å²) in [6.45, 7) is 5.47. The lowest BCUT2D eigenvalue weighted by molar-refractivity contribution is -0.385. The van der Waals surface area contributed by atoms with Crippen molar-refractivity contribution in [1.29, 1.82) is 0 Å². The molecule has 0 saturated heterocycles. The van der Waals surface area contributed by atoms with Crippen LogP contribution >= 0.6 is 15.9 Å². The third-order valence-corrected chi connectivity index (χ3v) is 3.96. The zero-order chi connectivity index (χ0) is 15.4. The molecule has 0 bridgehead atoms. The third kappa shape index (κ3) is 3.77. The molecule has 1 aromatic carbocycles. The Morgan fingerprint density at radius 1 is 1.55 bits per heavy atom. The molecule has 1 amide bonds. The molecule has 0 fully saturated rings. The zero-order valence-corrected chi connectivity index (χ0v) is 13.2. The van der Waals surface area contributed by atoms with Gasteiger partial charge >= 0.3 is 0 Å². The van der Waals surface area contributed by atoms with Gasteiger partial charge in [-0.05, 0) is 34.8 Å². The second-order valence-corrected chi connectivity index (χ2v) is 5.63. The minimum atomic E-state index is -0.646. The SMILES string of the molecule is CC[C@H](C)[C@H](N)C(=O)Nc1cc([N+](=O)[O-])c(C)cc1Br. The van der Waals surface area contributed by atoms with Crippen molar-refractivity contribution >= 4 is 33.2 Å². The van der Waals surface area contributed by atoms with E-state index in [-0.39, 0.29) is 17.5 Å². The highest BCUT2D eigenvalue weighted by Gasteiger charge is 2.22. The first-order valence-electron chi connectivity index (χ1n) is 6.28. The number of hydrogen-bond acceptors (Lipinski definition) is 4. The van der Waals surface area contributed by atoms with Crippen molar-refractivity contribution in [3.05, 3.63) is 32.3 Å². The van der Waals surface area contributed by atoms with Gasteiger partial charge in [-0.2, -0.15) is 0 Å². The highest BCUT2D eigenvalue weighted by atomic mass is 79.9. The number of hydrogen-bond donors (Lipinski definition) is 2. The molecule has 0 spiro atoms. The van der Waals surface area contributed by atoms with Crippen LogP contribution in [0.25, 0.3) is 0 Å². The fraction of sp³-hybridized carbons (Fsp3) is 0.462. The Labute approximate surface area is 126 Å². The van der Waals surface area contributed by atoms with Gasteiger partial charge < -0.3 is 11.1 Å². The van der Waals surface area contributed by atoms with Gasteiger partial charge in [-0.1, -0.05) is 20.3 Å². The van der Waals surface area contributed by atoms with Gasteiger partial charge in [0.1, 0.15) is 0 Å². The summed E-state index contributed by atoms with van der Waals surface area (Å²) in [4.78, 5) is 22.4. The Kier molecular flexibility index (Phi) is 5.64. The first-order chi connectivity index (χ1) is 9.27. The van der Waals surface area contributed by atoms with Crippen LogP contribution in [0.2, 0.25) is 0 Å². The van der Waals surface area contributed by atoms with Crippen LogP contribution < -0.4 is 11.1 Å². The van der Waals surface area contributed by atoms with E-state index in [0.717, 1.165) is 6.42 Å². The van der Waals surface area contributed by atoms with Crippen molar-refractivity contribution in [2.75, 3.05) is 5.32 Å².